The Labute approximate surface area is 229 Å². The summed E-state index contributed by atoms with van der Waals surface area (Å²) in [5.41, 5.74) is 1.66. The van der Waals surface area contributed by atoms with E-state index in [1.54, 1.807) is 35.0 Å². The molecule has 0 saturated carbocycles. The van der Waals surface area contributed by atoms with Gasteiger partial charge in [0.1, 0.15) is 6.54 Å². The number of aromatic nitrogens is 3. The molecule has 2 heterocycles. The van der Waals surface area contributed by atoms with Crippen LogP contribution in [0.5, 0.6) is 0 Å². The molecule has 0 saturated heterocycles. The lowest BCUT2D eigenvalue weighted by Crippen LogP contribution is -2.36. The summed E-state index contributed by atoms with van der Waals surface area (Å²) in [6, 6.07) is 12.5. The molecule has 0 aliphatic carbocycles. The van der Waals surface area contributed by atoms with Gasteiger partial charge in [-0.2, -0.15) is 5.10 Å². The minimum Gasteiger partial charge on any atom is -0.464 e. The van der Waals surface area contributed by atoms with E-state index >= 15 is 0 Å². The molecule has 2 aromatic carbocycles. The van der Waals surface area contributed by atoms with E-state index in [9.17, 15) is 13.2 Å². The minimum atomic E-state index is -4.27. The van der Waals surface area contributed by atoms with Gasteiger partial charge in [0.25, 0.3) is 10.0 Å². The highest BCUT2D eigenvalue weighted by atomic mass is 35.5. The molecule has 0 radical (unpaired) electrons. The third-order valence-electron chi connectivity index (χ3n) is 5.52. The van der Waals surface area contributed by atoms with Crippen molar-refractivity contribution < 1.29 is 17.9 Å². The van der Waals surface area contributed by atoms with Crippen molar-refractivity contribution in [2.24, 2.45) is 0 Å². The Morgan fingerprint density at radius 3 is 2.41 bits per heavy atom. The quantitative estimate of drug-likeness (QED) is 0.172. The number of unbranched alkanes of at least 4 members (excludes halogenated alkanes) is 1. The van der Waals surface area contributed by atoms with Crippen molar-refractivity contribution in [3.63, 3.8) is 0 Å². The summed E-state index contributed by atoms with van der Waals surface area (Å²) in [6.45, 7) is 3.43. The topological polar surface area (TPSA) is 94.4 Å². The van der Waals surface area contributed by atoms with Gasteiger partial charge in [-0.25, -0.2) is 8.42 Å². The van der Waals surface area contributed by atoms with Crippen LogP contribution in [-0.2, 0) is 19.6 Å². The molecule has 12 heteroatoms. The van der Waals surface area contributed by atoms with Gasteiger partial charge in [0.05, 0.1) is 33.4 Å². The number of rotatable bonds is 9. The van der Waals surface area contributed by atoms with Crippen LogP contribution < -0.4 is 4.31 Å². The fourth-order valence-electron chi connectivity index (χ4n) is 3.66. The number of esters is 1. The van der Waals surface area contributed by atoms with Gasteiger partial charge in [0, 0.05) is 21.6 Å². The number of carbonyl (C=O) groups is 1. The van der Waals surface area contributed by atoms with Gasteiger partial charge >= 0.3 is 5.97 Å². The van der Waals surface area contributed by atoms with Gasteiger partial charge in [-0.05, 0) is 61.9 Å². The number of anilines is 1. The molecule has 0 unspecified atom stereocenters. The molecule has 0 fully saturated rings. The molecular weight excluding hydrogens is 559 g/mol. The van der Waals surface area contributed by atoms with E-state index in [0.717, 1.165) is 16.4 Å². The number of nitrogens with zero attached hydrogens (tertiary/aromatic N) is 4. The molecule has 194 valence electrons. The average molecular weight is 582 g/mol. The number of fused-ring (bicyclic) bond motifs is 1. The van der Waals surface area contributed by atoms with Crippen LogP contribution in [-0.4, -0.2) is 42.3 Å². The molecule has 0 bridgehead atoms. The smallest absolute Gasteiger partial charge is 0.326 e. The van der Waals surface area contributed by atoms with Crippen molar-refractivity contribution in [2.75, 3.05) is 17.5 Å². The van der Waals surface area contributed by atoms with Crippen LogP contribution in [0.3, 0.4) is 0 Å². The lowest BCUT2D eigenvalue weighted by Gasteiger charge is -2.24. The lowest BCUT2D eigenvalue weighted by atomic mass is 10.2. The Bertz CT molecular complexity index is 1540. The molecule has 0 amide bonds. The maximum absolute atomic E-state index is 13.7. The summed E-state index contributed by atoms with van der Waals surface area (Å²) in [6.07, 6.45) is 3.16. The number of halogens is 3. The number of benzene rings is 2. The monoisotopic (exact) mass is 580 g/mol. The first-order chi connectivity index (χ1) is 17.6. The van der Waals surface area contributed by atoms with Crippen LogP contribution in [0.1, 0.15) is 25.5 Å². The highest BCUT2D eigenvalue weighted by Crippen LogP contribution is 2.34. The largest absolute Gasteiger partial charge is 0.464 e. The van der Waals surface area contributed by atoms with E-state index in [4.69, 9.17) is 39.5 Å². The molecule has 37 heavy (non-hydrogen) atoms. The minimum absolute atomic E-state index is 0.145. The van der Waals surface area contributed by atoms with E-state index in [2.05, 4.69) is 10.2 Å². The molecule has 8 nitrogen and oxygen atoms in total. The van der Waals surface area contributed by atoms with Crippen LogP contribution in [0.4, 0.5) is 5.69 Å². The standard InChI is InChI=1S/C25H23Cl3N4O4S/c1-3-4-9-36-25(33)15-32(37(34,35)20-11-17(26)10-18(27)12-20)19-6-7-23-21(13-19)22(28)14-31(23)24-8-5-16(2)29-30-24/h5-8,10-14H,3-4,9,15H2,1-2H3. The third kappa shape index (κ3) is 6.01. The van der Waals surface area contributed by atoms with Crippen LogP contribution in [0.2, 0.25) is 15.1 Å². The van der Waals surface area contributed by atoms with E-state index in [0.29, 0.717) is 28.2 Å². The molecular formula is C25H23Cl3N4O4S. The summed E-state index contributed by atoms with van der Waals surface area (Å²) in [5, 5.41) is 9.51. The summed E-state index contributed by atoms with van der Waals surface area (Å²) in [4.78, 5) is 12.5. The Morgan fingerprint density at radius 1 is 1.03 bits per heavy atom. The first-order valence-corrected chi connectivity index (χ1v) is 13.9. The fourth-order valence-corrected chi connectivity index (χ4v) is 6.03. The Balaban J connectivity index is 1.80. The first-order valence-electron chi connectivity index (χ1n) is 11.4. The highest BCUT2D eigenvalue weighted by Gasteiger charge is 2.29. The van der Waals surface area contributed by atoms with Crippen molar-refractivity contribution in [3.8, 4) is 5.82 Å². The van der Waals surface area contributed by atoms with Crippen molar-refractivity contribution >= 4 is 67.4 Å². The summed E-state index contributed by atoms with van der Waals surface area (Å²) < 4.78 is 35.4. The number of aryl methyl sites for hydroxylation is 1. The van der Waals surface area contributed by atoms with Gasteiger partial charge in [0.2, 0.25) is 0 Å². The van der Waals surface area contributed by atoms with E-state index in [1.165, 1.54) is 18.2 Å². The van der Waals surface area contributed by atoms with Gasteiger partial charge in [0.15, 0.2) is 5.82 Å². The van der Waals surface area contributed by atoms with Gasteiger partial charge in [-0.1, -0.05) is 48.1 Å². The summed E-state index contributed by atoms with van der Waals surface area (Å²) >= 11 is 18.7. The SMILES string of the molecule is CCCCOC(=O)CN(c1ccc2c(c1)c(Cl)cn2-c1ccc(C)nn1)S(=O)(=O)c1cc(Cl)cc(Cl)c1. The first kappa shape index (κ1) is 27.2. The molecule has 0 N–H and O–H groups in total. The van der Waals surface area contributed by atoms with Gasteiger partial charge < -0.3 is 4.74 Å². The van der Waals surface area contributed by atoms with Crippen LogP contribution in [0.25, 0.3) is 16.7 Å². The second-order valence-electron chi connectivity index (χ2n) is 8.27. The number of sulfonamides is 1. The number of ether oxygens (including phenoxy) is 1. The third-order valence-corrected chi connectivity index (χ3v) is 8.00. The molecule has 4 aromatic rings. The molecule has 2 aromatic heterocycles. The average Bonchev–Trinajstić information content (AvgIpc) is 3.18. The normalized spacial score (nSPS) is 11.6. The lowest BCUT2D eigenvalue weighted by molar-refractivity contribution is -0.141. The molecule has 0 aliphatic rings. The highest BCUT2D eigenvalue weighted by molar-refractivity contribution is 7.92. The molecule has 0 aliphatic heterocycles. The zero-order valence-electron chi connectivity index (χ0n) is 20.0. The molecule has 0 spiro atoms. The predicted molar refractivity (Wildman–Crippen MR) is 145 cm³/mol. The number of hydrogen-bond acceptors (Lipinski definition) is 6. The molecule has 0 atom stereocenters. The van der Waals surface area contributed by atoms with Gasteiger partial charge in [-0.15, -0.1) is 5.10 Å². The van der Waals surface area contributed by atoms with Crippen molar-refractivity contribution in [3.05, 3.63) is 75.5 Å². The van der Waals surface area contributed by atoms with Crippen molar-refractivity contribution in [1.29, 1.82) is 0 Å². The summed E-state index contributed by atoms with van der Waals surface area (Å²) in [5.74, 6) is -0.142. The van der Waals surface area contributed by atoms with Crippen LogP contribution in [0.15, 0.2) is 59.6 Å². The second-order valence-corrected chi connectivity index (χ2v) is 11.4. The van der Waals surface area contributed by atoms with Crippen molar-refractivity contribution in [2.45, 2.75) is 31.6 Å². The van der Waals surface area contributed by atoms with Crippen LogP contribution in [0, 0.1) is 6.92 Å². The van der Waals surface area contributed by atoms with E-state index in [1.807, 2.05) is 19.9 Å². The maximum atomic E-state index is 13.7. The second kappa shape index (κ2) is 11.3. The van der Waals surface area contributed by atoms with Gasteiger partial charge in [-0.3, -0.25) is 13.7 Å². The Morgan fingerprint density at radius 2 is 1.76 bits per heavy atom. The van der Waals surface area contributed by atoms with E-state index in [-0.39, 0.29) is 27.2 Å². The zero-order valence-corrected chi connectivity index (χ0v) is 23.1. The zero-order chi connectivity index (χ0) is 26.7. The van der Waals surface area contributed by atoms with E-state index < -0.39 is 22.5 Å². The molecule has 4 rings (SSSR count). The Kier molecular flexibility index (Phi) is 8.28. The maximum Gasteiger partial charge on any atom is 0.326 e. The number of hydrogen-bond donors (Lipinski definition) is 0. The Hall–Kier alpha value is -2.85. The van der Waals surface area contributed by atoms with Crippen LogP contribution >= 0.6 is 34.8 Å². The number of carbonyl (C=O) groups excluding carboxylic acids is 1. The predicted octanol–water partition coefficient (Wildman–Crippen LogP) is 6.23. The fraction of sp³-hybridized carbons (Fsp3) is 0.240. The van der Waals surface area contributed by atoms with Crippen molar-refractivity contribution in [1.82, 2.24) is 14.8 Å². The summed E-state index contributed by atoms with van der Waals surface area (Å²) in [7, 11) is -4.27.